The molecule has 0 bridgehead atoms. The molecule has 0 fully saturated rings. The van der Waals surface area contributed by atoms with Gasteiger partial charge in [-0.1, -0.05) is 60.4 Å². The summed E-state index contributed by atoms with van der Waals surface area (Å²) < 4.78 is 0. The maximum atomic E-state index is 3.27. The van der Waals surface area contributed by atoms with E-state index in [1.807, 2.05) is 30.3 Å². The third kappa shape index (κ3) is 2.00. The Morgan fingerprint density at radius 3 is 2.41 bits per heavy atom. The number of hydrogen-bond acceptors (Lipinski definition) is 0. The van der Waals surface area contributed by atoms with Crippen molar-refractivity contribution in [2.75, 3.05) is 0 Å². The summed E-state index contributed by atoms with van der Waals surface area (Å²) in [6.45, 7) is 0. The van der Waals surface area contributed by atoms with Gasteiger partial charge < -0.3 is 0 Å². The summed E-state index contributed by atoms with van der Waals surface area (Å²) in [4.78, 5) is 0. The lowest BCUT2D eigenvalue weighted by Crippen LogP contribution is -1.81. The van der Waals surface area contributed by atoms with Crippen LogP contribution in [-0.2, 0) is 6.42 Å². The highest BCUT2D eigenvalue weighted by Gasteiger charge is 2.10. The van der Waals surface area contributed by atoms with Gasteiger partial charge in [0.25, 0.3) is 0 Å². The van der Waals surface area contributed by atoms with Crippen molar-refractivity contribution in [2.24, 2.45) is 0 Å². The smallest absolute Gasteiger partial charge is 0.0287 e. The van der Waals surface area contributed by atoms with Crippen molar-refractivity contribution < 1.29 is 0 Å². The SMILES string of the molecule is C(#Cc1ccccc1)C1=CCc2ccccc21. The van der Waals surface area contributed by atoms with Crippen LogP contribution in [0.25, 0.3) is 5.57 Å². The van der Waals surface area contributed by atoms with Gasteiger partial charge in [0.05, 0.1) is 0 Å². The first-order valence-electron chi connectivity index (χ1n) is 5.79. The molecule has 17 heavy (non-hydrogen) atoms. The largest absolute Gasteiger partial charge is 0.0638 e. The van der Waals surface area contributed by atoms with Crippen molar-refractivity contribution in [3.63, 3.8) is 0 Å². The van der Waals surface area contributed by atoms with Crippen molar-refractivity contribution in [3.05, 3.63) is 77.4 Å². The molecule has 1 aliphatic carbocycles. The van der Waals surface area contributed by atoms with Crippen LogP contribution in [0, 0.1) is 11.8 Å². The Morgan fingerprint density at radius 2 is 1.53 bits per heavy atom. The first kappa shape index (κ1) is 9.93. The van der Waals surface area contributed by atoms with E-state index in [1.165, 1.54) is 11.1 Å². The third-order valence-electron chi connectivity index (χ3n) is 2.95. The van der Waals surface area contributed by atoms with Gasteiger partial charge in [0.1, 0.15) is 0 Å². The zero-order chi connectivity index (χ0) is 11.5. The fourth-order valence-electron chi connectivity index (χ4n) is 2.06. The lowest BCUT2D eigenvalue weighted by Gasteiger charge is -1.97. The summed E-state index contributed by atoms with van der Waals surface area (Å²) in [5.41, 5.74) is 4.89. The molecule has 0 amide bonds. The minimum absolute atomic E-state index is 1.01. The molecule has 0 N–H and O–H groups in total. The second-order valence-electron chi connectivity index (χ2n) is 4.10. The molecule has 2 aromatic carbocycles. The minimum atomic E-state index is 1.01. The Bertz CT molecular complexity index is 622. The van der Waals surface area contributed by atoms with Crippen molar-refractivity contribution in [2.45, 2.75) is 6.42 Å². The first-order chi connectivity index (χ1) is 8.43. The van der Waals surface area contributed by atoms with Crippen molar-refractivity contribution in [1.29, 1.82) is 0 Å². The van der Waals surface area contributed by atoms with Gasteiger partial charge in [-0.15, -0.1) is 0 Å². The molecule has 0 saturated heterocycles. The minimum Gasteiger partial charge on any atom is -0.0638 e. The third-order valence-corrected chi connectivity index (χ3v) is 2.95. The van der Waals surface area contributed by atoms with Crippen LogP contribution in [0.4, 0.5) is 0 Å². The summed E-state index contributed by atoms with van der Waals surface area (Å²) in [5, 5.41) is 0. The molecule has 80 valence electrons. The van der Waals surface area contributed by atoms with E-state index in [9.17, 15) is 0 Å². The van der Waals surface area contributed by atoms with Crippen LogP contribution in [0.5, 0.6) is 0 Å². The standard InChI is InChI=1S/C17H12/c1-2-6-14(7-3-1)10-11-16-13-12-15-8-4-5-9-17(15)16/h1-9,13H,12H2. The predicted molar refractivity (Wildman–Crippen MR) is 71.4 cm³/mol. The monoisotopic (exact) mass is 216 g/mol. The highest BCUT2D eigenvalue weighted by molar-refractivity contribution is 5.84. The van der Waals surface area contributed by atoms with Gasteiger partial charge in [-0.3, -0.25) is 0 Å². The average Bonchev–Trinajstić information content (AvgIpc) is 2.81. The summed E-state index contributed by atoms with van der Waals surface area (Å²) in [7, 11) is 0. The normalized spacial score (nSPS) is 12.4. The molecule has 1 aliphatic rings. The van der Waals surface area contributed by atoms with Gasteiger partial charge in [0.2, 0.25) is 0 Å². The Morgan fingerprint density at radius 1 is 0.765 bits per heavy atom. The van der Waals surface area contributed by atoms with Crippen LogP contribution in [0.2, 0.25) is 0 Å². The Hall–Kier alpha value is -2.26. The first-order valence-corrected chi connectivity index (χ1v) is 5.79. The molecule has 0 unspecified atom stereocenters. The van der Waals surface area contributed by atoms with Gasteiger partial charge in [-0.05, 0) is 29.7 Å². The zero-order valence-corrected chi connectivity index (χ0v) is 9.48. The Balaban J connectivity index is 1.92. The van der Waals surface area contributed by atoms with Gasteiger partial charge >= 0.3 is 0 Å². The molecular weight excluding hydrogens is 204 g/mol. The summed E-state index contributed by atoms with van der Waals surface area (Å²) in [5.74, 6) is 6.47. The van der Waals surface area contributed by atoms with E-state index in [-0.39, 0.29) is 0 Å². The van der Waals surface area contributed by atoms with Gasteiger partial charge in [-0.2, -0.15) is 0 Å². The highest BCUT2D eigenvalue weighted by atomic mass is 14.1. The van der Waals surface area contributed by atoms with E-state index < -0.39 is 0 Å². The number of fused-ring (bicyclic) bond motifs is 1. The number of allylic oxidation sites excluding steroid dienone is 2. The van der Waals surface area contributed by atoms with Crippen LogP contribution in [0.15, 0.2) is 60.7 Å². The quantitative estimate of drug-likeness (QED) is 0.589. The van der Waals surface area contributed by atoms with E-state index >= 15 is 0 Å². The fraction of sp³-hybridized carbons (Fsp3) is 0.0588. The maximum Gasteiger partial charge on any atom is 0.0287 e. The second-order valence-corrected chi connectivity index (χ2v) is 4.10. The summed E-state index contributed by atoms with van der Waals surface area (Å²) in [6, 6.07) is 18.6. The summed E-state index contributed by atoms with van der Waals surface area (Å²) >= 11 is 0. The van der Waals surface area contributed by atoms with Crippen molar-refractivity contribution >= 4 is 5.57 Å². The molecule has 0 aliphatic heterocycles. The Kier molecular flexibility index (Phi) is 2.52. The van der Waals surface area contributed by atoms with Crippen LogP contribution in [0.3, 0.4) is 0 Å². The molecule has 2 aromatic rings. The molecule has 3 rings (SSSR count). The molecule has 0 nitrogen and oxygen atoms in total. The highest BCUT2D eigenvalue weighted by Crippen LogP contribution is 2.26. The summed E-state index contributed by atoms with van der Waals surface area (Å²) in [6.07, 6.45) is 3.22. The number of hydrogen-bond donors (Lipinski definition) is 0. The van der Waals surface area contributed by atoms with E-state index in [4.69, 9.17) is 0 Å². The van der Waals surface area contributed by atoms with Gasteiger partial charge in [0.15, 0.2) is 0 Å². The topological polar surface area (TPSA) is 0 Å². The number of benzene rings is 2. The average molecular weight is 216 g/mol. The van der Waals surface area contributed by atoms with Crippen LogP contribution in [0.1, 0.15) is 16.7 Å². The molecular formula is C17H12. The van der Waals surface area contributed by atoms with E-state index in [0.717, 1.165) is 17.6 Å². The molecule has 0 radical (unpaired) electrons. The maximum absolute atomic E-state index is 3.27. The predicted octanol–water partition coefficient (Wildman–Crippen LogP) is 3.68. The van der Waals surface area contributed by atoms with E-state index in [0.29, 0.717) is 0 Å². The van der Waals surface area contributed by atoms with Crippen LogP contribution >= 0.6 is 0 Å². The Labute approximate surface area is 102 Å². The molecule has 0 heterocycles. The van der Waals surface area contributed by atoms with Crippen molar-refractivity contribution in [3.8, 4) is 11.8 Å². The molecule has 0 saturated carbocycles. The zero-order valence-electron chi connectivity index (χ0n) is 9.48. The van der Waals surface area contributed by atoms with E-state index in [2.05, 4.69) is 42.2 Å². The second kappa shape index (κ2) is 4.31. The van der Waals surface area contributed by atoms with Gasteiger partial charge in [0, 0.05) is 11.1 Å². The molecule has 0 spiro atoms. The van der Waals surface area contributed by atoms with Crippen LogP contribution < -0.4 is 0 Å². The number of rotatable bonds is 0. The molecule has 0 aromatic heterocycles. The molecule has 0 heteroatoms. The lowest BCUT2D eigenvalue weighted by molar-refractivity contribution is 1.31. The molecule has 0 atom stereocenters. The lowest BCUT2D eigenvalue weighted by atomic mass is 10.1. The van der Waals surface area contributed by atoms with E-state index in [1.54, 1.807) is 0 Å². The van der Waals surface area contributed by atoms with Crippen LogP contribution in [-0.4, -0.2) is 0 Å². The van der Waals surface area contributed by atoms with Gasteiger partial charge in [-0.25, -0.2) is 0 Å². The van der Waals surface area contributed by atoms with Crippen molar-refractivity contribution in [1.82, 2.24) is 0 Å². The fourth-order valence-corrected chi connectivity index (χ4v) is 2.06.